The number of ether oxygens (including phenoxy) is 2. The van der Waals surface area contributed by atoms with Gasteiger partial charge in [0.25, 0.3) is 0 Å². The van der Waals surface area contributed by atoms with E-state index in [1.54, 1.807) is 29.8 Å². The Balaban J connectivity index is 2.29. The molecule has 1 aromatic heterocycles. The minimum atomic E-state index is -1.97. The Morgan fingerprint density at radius 3 is 2.32 bits per heavy atom. The van der Waals surface area contributed by atoms with Crippen LogP contribution in [0.4, 0.5) is 0 Å². The quantitative estimate of drug-likeness (QED) is 0.491. The first-order chi connectivity index (χ1) is 13.4. The number of halogens is 1. The van der Waals surface area contributed by atoms with Crippen LogP contribution >= 0.6 is 11.6 Å². The molecule has 0 aliphatic heterocycles. The van der Waals surface area contributed by atoms with Gasteiger partial charge < -0.3 is 14.0 Å². The normalized spacial score (nSPS) is 14.4. The van der Waals surface area contributed by atoms with E-state index in [4.69, 9.17) is 21.1 Å². The first kappa shape index (κ1) is 18.3. The first-order valence-electron chi connectivity index (χ1n) is 8.49. The van der Waals surface area contributed by atoms with Gasteiger partial charge in [-0.15, -0.1) is 0 Å². The SMILES string of the molecule is COC(=O)C1(C(=O)OC)c2cc(Cl)ccc2C(=O)c2c1n(C)c1ccccc21. The highest BCUT2D eigenvalue weighted by Gasteiger charge is 2.59. The molecule has 0 atom stereocenters. The number of ketones is 1. The summed E-state index contributed by atoms with van der Waals surface area (Å²) in [5, 5.41) is 0.925. The standard InChI is InChI=1S/C21H16ClNO5/c1-23-15-7-5-4-6-13(15)16-17(24)12-9-8-11(22)10-14(12)21(18(16)23,19(25)27-2)20(26)28-3/h4-10H,1-3H3. The van der Waals surface area contributed by atoms with Gasteiger partial charge in [-0.3, -0.25) is 14.4 Å². The number of carbonyl (C=O) groups excluding carboxylic acids is 3. The molecule has 1 aliphatic rings. The number of para-hydroxylation sites is 1. The molecule has 0 fully saturated rings. The largest absolute Gasteiger partial charge is 0.468 e. The zero-order chi connectivity index (χ0) is 20.2. The number of methoxy groups -OCH3 is 2. The van der Waals surface area contributed by atoms with E-state index < -0.39 is 17.4 Å². The van der Waals surface area contributed by atoms with Crippen LogP contribution in [-0.2, 0) is 31.5 Å². The molecule has 0 spiro atoms. The Labute approximate surface area is 165 Å². The molecule has 0 radical (unpaired) electrons. The maximum absolute atomic E-state index is 13.4. The lowest BCUT2D eigenvalue weighted by Crippen LogP contribution is -2.51. The fourth-order valence-electron chi connectivity index (χ4n) is 4.15. The second-order valence-electron chi connectivity index (χ2n) is 6.55. The van der Waals surface area contributed by atoms with Gasteiger partial charge in [0.2, 0.25) is 5.41 Å². The Hall–Kier alpha value is -3.12. The molecule has 0 saturated heterocycles. The molecule has 1 heterocycles. The Morgan fingerprint density at radius 2 is 1.68 bits per heavy atom. The van der Waals surface area contributed by atoms with Crippen molar-refractivity contribution >= 4 is 40.2 Å². The number of fused-ring (bicyclic) bond motifs is 4. The number of hydrogen-bond acceptors (Lipinski definition) is 5. The Bertz CT molecular complexity index is 1160. The average molecular weight is 398 g/mol. The fourth-order valence-corrected chi connectivity index (χ4v) is 4.32. The van der Waals surface area contributed by atoms with Crippen molar-refractivity contribution in [3.05, 3.63) is 69.9 Å². The molecule has 6 nitrogen and oxygen atoms in total. The van der Waals surface area contributed by atoms with Crippen molar-refractivity contribution in [3.63, 3.8) is 0 Å². The van der Waals surface area contributed by atoms with Gasteiger partial charge in [0.1, 0.15) is 0 Å². The molecule has 0 N–H and O–H groups in total. The lowest BCUT2D eigenvalue weighted by Gasteiger charge is -2.34. The van der Waals surface area contributed by atoms with Gasteiger partial charge in [-0.25, -0.2) is 0 Å². The summed E-state index contributed by atoms with van der Waals surface area (Å²) >= 11 is 6.17. The molecule has 1 aliphatic carbocycles. The third-order valence-corrected chi connectivity index (χ3v) is 5.54. The van der Waals surface area contributed by atoms with Crippen LogP contribution in [0, 0.1) is 0 Å². The van der Waals surface area contributed by atoms with E-state index >= 15 is 0 Å². The van der Waals surface area contributed by atoms with Crippen LogP contribution in [0.5, 0.6) is 0 Å². The number of nitrogens with zero attached hydrogens (tertiary/aromatic N) is 1. The maximum Gasteiger partial charge on any atom is 0.334 e. The van der Waals surface area contributed by atoms with E-state index in [0.29, 0.717) is 10.9 Å². The third-order valence-electron chi connectivity index (χ3n) is 5.30. The van der Waals surface area contributed by atoms with Crippen LogP contribution < -0.4 is 0 Å². The maximum atomic E-state index is 13.4. The number of aryl methyl sites for hydroxylation is 1. The van der Waals surface area contributed by atoms with Crippen LogP contribution in [0.1, 0.15) is 27.2 Å². The molecule has 0 saturated carbocycles. The van der Waals surface area contributed by atoms with E-state index in [1.807, 2.05) is 12.1 Å². The van der Waals surface area contributed by atoms with E-state index in [1.165, 1.54) is 26.4 Å². The first-order valence-corrected chi connectivity index (χ1v) is 8.86. The molecule has 2 aromatic carbocycles. The van der Waals surface area contributed by atoms with Crippen molar-refractivity contribution < 1.29 is 23.9 Å². The van der Waals surface area contributed by atoms with Crippen LogP contribution in [0.2, 0.25) is 5.02 Å². The molecule has 0 unspecified atom stereocenters. The van der Waals surface area contributed by atoms with Gasteiger partial charge in [-0.1, -0.05) is 29.8 Å². The zero-order valence-corrected chi connectivity index (χ0v) is 16.2. The van der Waals surface area contributed by atoms with Crippen LogP contribution in [0.15, 0.2) is 42.5 Å². The molecular formula is C21H16ClNO5. The summed E-state index contributed by atoms with van der Waals surface area (Å²) in [6, 6.07) is 11.7. The predicted octanol–water partition coefficient (Wildman–Crippen LogP) is 3.01. The summed E-state index contributed by atoms with van der Waals surface area (Å²) in [5.41, 5.74) is -0.403. The highest BCUT2D eigenvalue weighted by Crippen LogP contribution is 2.47. The fraction of sp³-hybridized carbons (Fsp3) is 0.190. The molecule has 28 heavy (non-hydrogen) atoms. The Kier molecular flexibility index (Phi) is 4.05. The summed E-state index contributed by atoms with van der Waals surface area (Å²) in [6.45, 7) is 0. The van der Waals surface area contributed by atoms with E-state index in [9.17, 15) is 14.4 Å². The van der Waals surface area contributed by atoms with Crippen LogP contribution in [0.3, 0.4) is 0 Å². The molecule has 4 rings (SSSR count). The van der Waals surface area contributed by atoms with Gasteiger partial charge in [-0.05, 0) is 29.8 Å². The van der Waals surface area contributed by atoms with Gasteiger partial charge in [0.15, 0.2) is 5.78 Å². The van der Waals surface area contributed by atoms with Crippen LogP contribution in [-0.4, -0.2) is 36.5 Å². The number of carbonyl (C=O) groups is 3. The van der Waals surface area contributed by atoms with Crippen molar-refractivity contribution in [2.24, 2.45) is 7.05 Å². The van der Waals surface area contributed by atoms with Crippen molar-refractivity contribution in [3.8, 4) is 0 Å². The average Bonchev–Trinajstić information content (AvgIpc) is 3.01. The third kappa shape index (κ3) is 2.06. The summed E-state index contributed by atoms with van der Waals surface area (Å²) in [4.78, 5) is 39.7. The molecule has 0 amide bonds. The highest BCUT2D eigenvalue weighted by molar-refractivity contribution is 6.32. The molecule has 142 valence electrons. The van der Waals surface area contributed by atoms with Gasteiger partial charge in [0.05, 0.1) is 25.5 Å². The van der Waals surface area contributed by atoms with E-state index in [0.717, 1.165) is 0 Å². The lowest BCUT2D eigenvalue weighted by molar-refractivity contribution is -0.159. The smallest absolute Gasteiger partial charge is 0.334 e. The van der Waals surface area contributed by atoms with Crippen molar-refractivity contribution in [1.82, 2.24) is 4.57 Å². The number of hydrogen-bond donors (Lipinski definition) is 0. The second kappa shape index (κ2) is 6.21. The van der Waals surface area contributed by atoms with Crippen molar-refractivity contribution in [2.75, 3.05) is 14.2 Å². The summed E-state index contributed by atoms with van der Waals surface area (Å²) in [5.74, 6) is -1.98. The van der Waals surface area contributed by atoms with E-state index in [-0.39, 0.29) is 33.2 Å². The number of rotatable bonds is 2. The number of aromatic nitrogens is 1. The summed E-state index contributed by atoms with van der Waals surface area (Å²) in [7, 11) is 4.08. The lowest BCUT2D eigenvalue weighted by atomic mass is 9.68. The van der Waals surface area contributed by atoms with Gasteiger partial charge in [-0.2, -0.15) is 0 Å². The Morgan fingerprint density at radius 1 is 1.04 bits per heavy atom. The molecule has 7 heteroatoms. The zero-order valence-electron chi connectivity index (χ0n) is 15.4. The highest BCUT2D eigenvalue weighted by atomic mass is 35.5. The van der Waals surface area contributed by atoms with E-state index in [2.05, 4.69) is 0 Å². The number of benzene rings is 2. The van der Waals surface area contributed by atoms with Crippen molar-refractivity contribution in [1.29, 1.82) is 0 Å². The molecule has 0 bridgehead atoms. The minimum absolute atomic E-state index is 0.155. The summed E-state index contributed by atoms with van der Waals surface area (Å²) in [6.07, 6.45) is 0. The molecular weight excluding hydrogens is 382 g/mol. The van der Waals surface area contributed by atoms with Crippen molar-refractivity contribution in [2.45, 2.75) is 5.41 Å². The number of esters is 2. The topological polar surface area (TPSA) is 74.6 Å². The van der Waals surface area contributed by atoms with Gasteiger partial charge >= 0.3 is 11.9 Å². The summed E-state index contributed by atoms with van der Waals surface area (Å²) < 4.78 is 11.8. The molecule has 3 aromatic rings. The van der Waals surface area contributed by atoms with Gasteiger partial charge in [0, 0.05) is 28.5 Å². The predicted molar refractivity (Wildman–Crippen MR) is 103 cm³/mol. The van der Waals surface area contributed by atoms with Crippen LogP contribution in [0.25, 0.3) is 10.9 Å². The minimum Gasteiger partial charge on any atom is -0.468 e. The second-order valence-corrected chi connectivity index (χ2v) is 6.99. The monoisotopic (exact) mass is 397 g/mol.